The van der Waals surface area contributed by atoms with Crippen molar-refractivity contribution in [2.75, 3.05) is 6.61 Å². The molecule has 1 aromatic rings. The van der Waals surface area contributed by atoms with E-state index in [2.05, 4.69) is 71.1 Å². The largest absolute Gasteiger partial charge is 2.00 e. The normalized spacial score (nSPS) is 14.5. The molecule has 0 amide bonds. The molecule has 0 atom stereocenters. The second-order valence-electron chi connectivity index (χ2n) is 7.79. The van der Waals surface area contributed by atoms with Crippen LogP contribution in [0.2, 0.25) is 0 Å². The Labute approximate surface area is 184 Å². The Kier molecular flexibility index (Phi) is 14.6. The van der Waals surface area contributed by atoms with E-state index in [1.54, 1.807) is 6.92 Å². The van der Waals surface area contributed by atoms with Gasteiger partial charge in [0.25, 0.3) is 0 Å². The van der Waals surface area contributed by atoms with Gasteiger partial charge >= 0.3 is 30.8 Å². The molecule has 4 nitrogen and oxygen atoms in total. The van der Waals surface area contributed by atoms with Crippen LogP contribution in [0, 0.1) is 6.65 Å². The number of allylic oxidation sites excluding steroid dienone is 3. The number of nitrogens with zero attached hydrogens (tertiary/aromatic N) is 2. The van der Waals surface area contributed by atoms with Crippen LogP contribution in [0.4, 0.5) is 0 Å². The zero-order valence-corrected chi connectivity index (χ0v) is 20.5. The summed E-state index contributed by atoms with van der Waals surface area (Å²) in [6.45, 7) is 20.0. The fourth-order valence-corrected chi connectivity index (χ4v) is 5.90. The molecular weight excluding hydrogens is 456 g/mol. The molecule has 0 saturated heterocycles. The van der Waals surface area contributed by atoms with E-state index >= 15 is 0 Å². The van der Waals surface area contributed by atoms with Crippen LogP contribution in [0.1, 0.15) is 54.2 Å². The Hall–Kier alpha value is -1.08. The molecule has 6 heteroatoms. The quantitative estimate of drug-likeness (QED) is 0.235. The molecule has 0 spiro atoms. The standard InChI is InChI=1S/C19H26N2P.C2H5O.CO.Ru/c1-18(2,3)22(19(4,5)6)14-15-10-9-12-17(21-15)16-11-7-8-13-20-16;1-2-3;1-2;/h7-14H,1-6H3;2H2,1H3;;/q2*-1;;+2/b15-14-;;;. The van der Waals surface area contributed by atoms with E-state index in [4.69, 9.17) is 15.1 Å². The first-order valence-electron chi connectivity index (χ1n) is 8.91. The van der Waals surface area contributed by atoms with E-state index in [1.165, 1.54) is 0 Å². The molecule has 0 radical (unpaired) electrons. The SMILES string of the molecule is CC(C)(C)P(/C=C1/C=CC=C(c2ccccn2)[N-]1)C(C)(C)C.CC[O-].[C-]#[O+].[Ru+2]. The molecule has 0 aliphatic carbocycles. The Morgan fingerprint density at radius 1 is 1.14 bits per heavy atom. The summed E-state index contributed by atoms with van der Waals surface area (Å²) >= 11 is 0. The molecule has 0 bridgehead atoms. The van der Waals surface area contributed by atoms with E-state index in [0.29, 0.717) is 0 Å². The Bertz CT molecular complexity index is 655. The number of pyridine rings is 1. The molecule has 28 heavy (non-hydrogen) atoms. The minimum absolute atomic E-state index is 0. The van der Waals surface area contributed by atoms with Gasteiger partial charge in [0, 0.05) is 11.9 Å². The molecule has 2 rings (SSSR count). The Morgan fingerprint density at radius 2 is 1.68 bits per heavy atom. The van der Waals surface area contributed by atoms with Crippen molar-refractivity contribution in [1.29, 1.82) is 0 Å². The number of hydrogen-bond acceptors (Lipinski definition) is 2. The zero-order valence-electron chi connectivity index (χ0n) is 17.8. The van der Waals surface area contributed by atoms with Crippen LogP contribution >= 0.6 is 7.92 Å². The second-order valence-corrected chi connectivity index (χ2v) is 11.5. The van der Waals surface area contributed by atoms with Gasteiger partial charge in [-0.05, 0) is 22.4 Å². The van der Waals surface area contributed by atoms with Crippen molar-refractivity contribution in [3.8, 4) is 0 Å². The maximum atomic E-state index is 8.93. The van der Waals surface area contributed by atoms with Crippen molar-refractivity contribution in [2.24, 2.45) is 0 Å². The van der Waals surface area contributed by atoms with Crippen molar-refractivity contribution in [1.82, 2.24) is 4.98 Å². The third kappa shape index (κ3) is 10.5. The van der Waals surface area contributed by atoms with Gasteiger partial charge in [-0.2, -0.15) is 0 Å². The Morgan fingerprint density at radius 3 is 2.11 bits per heavy atom. The van der Waals surface area contributed by atoms with Gasteiger partial charge < -0.3 is 10.4 Å². The molecule has 0 saturated carbocycles. The predicted octanol–water partition coefficient (Wildman–Crippen LogP) is 5.61. The molecular formula is C22H31N2O2PRu. The van der Waals surface area contributed by atoms with Gasteiger partial charge in [0.05, 0.1) is 0 Å². The predicted molar refractivity (Wildman–Crippen MR) is 114 cm³/mol. The van der Waals surface area contributed by atoms with E-state index in [0.717, 1.165) is 17.1 Å². The van der Waals surface area contributed by atoms with E-state index < -0.39 is 0 Å². The third-order valence-electron chi connectivity index (χ3n) is 3.40. The first-order chi connectivity index (χ1) is 12.6. The molecule has 1 aliphatic heterocycles. The summed E-state index contributed by atoms with van der Waals surface area (Å²) in [5.74, 6) is 2.38. The average molecular weight is 488 g/mol. The third-order valence-corrected chi connectivity index (χ3v) is 6.82. The van der Waals surface area contributed by atoms with Gasteiger partial charge in [-0.3, -0.25) is 4.98 Å². The number of aromatic nitrogens is 1. The van der Waals surface area contributed by atoms with Crippen LogP contribution in [0.15, 0.2) is 54.1 Å². The molecule has 2 heterocycles. The van der Waals surface area contributed by atoms with Crippen LogP contribution in [-0.2, 0) is 24.1 Å². The minimum Gasteiger partial charge on any atom is 2.00 e. The average Bonchev–Trinajstić information content (AvgIpc) is 2.61. The van der Waals surface area contributed by atoms with Crippen molar-refractivity contribution in [3.63, 3.8) is 0 Å². The van der Waals surface area contributed by atoms with Gasteiger partial charge in [-0.25, -0.2) is 0 Å². The topological polar surface area (TPSA) is 69.9 Å². The minimum atomic E-state index is -0.308. The summed E-state index contributed by atoms with van der Waals surface area (Å²) in [6.07, 6.45) is 8.00. The number of rotatable bonds is 2. The number of hydrogen-bond donors (Lipinski definition) is 0. The van der Waals surface area contributed by atoms with Crippen LogP contribution in [0.25, 0.3) is 11.0 Å². The monoisotopic (exact) mass is 488 g/mol. The van der Waals surface area contributed by atoms with Crippen LogP contribution < -0.4 is 5.11 Å². The van der Waals surface area contributed by atoms with Crippen molar-refractivity contribution < 1.29 is 29.2 Å². The molecule has 1 aromatic heterocycles. The summed E-state index contributed by atoms with van der Waals surface area (Å²) in [5, 5.41) is 14.3. The van der Waals surface area contributed by atoms with Crippen molar-refractivity contribution in [3.05, 3.63) is 71.8 Å². The maximum absolute atomic E-state index is 8.93. The molecule has 0 aromatic carbocycles. The fourth-order valence-electron chi connectivity index (χ4n) is 2.71. The van der Waals surface area contributed by atoms with Gasteiger partial charge in [0.15, 0.2) is 0 Å². The maximum Gasteiger partial charge on any atom is 2.00 e. The molecule has 0 N–H and O–H groups in total. The first kappa shape index (κ1) is 29.1. The van der Waals surface area contributed by atoms with Gasteiger partial charge in [-0.1, -0.05) is 86.5 Å². The second kappa shape index (κ2) is 14.0. The molecule has 0 fully saturated rings. The van der Waals surface area contributed by atoms with E-state index in [1.807, 2.05) is 30.5 Å². The van der Waals surface area contributed by atoms with Crippen LogP contribution in [0.3, 0.4) is 0 Å². The van der Waals surface area contributed by atoms with Gasteiger partial charge in [0.1, 0.15) is 0 Å². The smallest absolute Gasteiger partial charge is 2.00 e. The Balaban J connectivity index is 0. The first-order valence-corrected chi connectivity index (χ1v) is 10.3. The van der Waals surface area contributed by atoms with Gasteiger partial charge in [-0.15, -0.1) is 18.0 Å². The van der Waals surface area contributed by atoms with Crippen molar-refractivity contribution in [2.45, 2.75) is 58.8 Å². The molecule has 0 unspecified atom stereocenters. The van der Waals surface area contributed by atoms with E-state index in [-0.39, 0.29) is 44.3 Å². The summed E-state index contributed by atoms with van der Waals surface area (Å²) in [7, 11) is -0.308. The zero-order chi connectivity index (χ0) is 21.1. The van der Waals surface area contributed by atoms with Crippen LogP contribution in [-0.4, -0.2) is 21.9 Å². The summed E-state index contributed by atoms with van der Waals surface area (Å²) < 4.78 is 7.50. The summed E-state index contributed by atoms with van der Waals surface area (Å²) in [5.41, 5.74) is 2.92. The van der Waals surface area contributed by atoms with E-state index in [9.17, 15) is 0 Å². The van der Waals surface area contributed by atoms with Crippen LogP contribution in [0.5, 0.6) is 0 Å². The fraction of sp³-hybridized carbons (Fsp3) is 0.455. The van der Waals surface area contributed by atoms with Gasteiger partial charge in [0.2, 0.25) is 0 Å². The summed E-state index contributed by atoms with van der Waals surface area (Å²) in [6, 6.07) is 5.93. The van der Waals surface area contributed by atoms with Crippen molar-refractivity contribution >= 4 is 13.6 Å². The molecule has 1 aliphatic rings. The summed E-state index contributed by atoms with van der Waals surface area (Å²) in [4.78, 5) is 4.40. The molecule has 154 valence electrons.